The summed E-state index contributed by atoms with van der Waals surface area (Å²) in [6.07, 6.45) is 2.21. The molecular weight excluding hydrogens is 238 g/mol. The Kier molecular flexibility index (Phi) is 8.47. The molecular formula is C16H27NO2. The largest absolute Gasteiger partial charge is 0.379 e. The summed E-state index contributed by atoms with van der Waals surface area (Å²) in [5.41, 5.74) is 1.27. The number of benzene rings is 1. The molecule has 19 heavy (non-hydrogen) atoms. The molecule has 0 amide bonds. The maximum absolute atomic E-state index is 5.96. The number of rotatable bonds is 10. The van der Waals surface area contributed by atoms with Gasteiger partial charge in [0.25, 0.3) is 0 Å². The lowest BCUT2D eigenvalue weighted by molar-refractivity contribution is -0.0125. The van der Waals surface area contributed by atoms with Gasteiger partial charge >= 0.3 is 0 Å². The van der Waals surface area contributed by atoms with Crippen LogP contribution in [0.4, 0.5) is 0 Å². The zero-order valence-electron chi connectivity index (χ0n) is 12.4. The molecule has 0 aliphatic carbocycles. The van der Waals surface area contributed by atoms with E-state index in [1.165, 1.54) is 5.56 Å². The zero-order valence-corrected chi connectivity index (χ0v) is 12.4. The normalized spacial score (nSPS) is 14.3. The molecule has 0 aromatic heterocycles. The van der Waals surface area contributed by atoms with Crippen LogP contribution in [-0.2, 0) is 9.47 Å². The summed E-state index contributed by atoms with van der Waals surface area (Å²) in [6.45, 7) is 6.42. The predicted octanol–water partition coefficient (Wildman–Crippen LogP) is 3.17. The van der Waals surface area contributed by atoms with Gasteiger partial charge in [0, 0.05) is 6.61 Å². The van der Waals surface area contributed by atoms with Crippen molar-refractivity contribution in [3.8, 4) is 0 Å². The van der Waals surface area contributed by atoms with Crippen LogP contribution in [0.3, 0.4) is 0 Å². The second kappa shape index (κ2) is 9.96. The highest BCUT2D eigenvalue weighted by Crippen LogP contribution is 2.21. The van der Waals surface area contributed by atoms with Crippen molar-refractivity contribution >= 4 is 0 Å². The average Bonchev–Trinajstić information content (AvgIpc) is 2.47. The first-order valence-corrected chi connectivity index (χ1v) is 7.25. The fourth-order valence-electron chi connectivity index (χ4n) is 2.18. The van der Waals surface area contributed by atoms with Crippen LogP contribution in [0.1, 0.15) is 38.3 Å². The van der Waals surface area contributed by atoms with Gasteiger partial charge in [0.05, 0.1) is 25.4 Å². The quantitative estimate of drug-likeness (QED) is 0.659. The molecule has 2 unspecified atom stereocenters. The van der Waals surface area contributed by atoms with Crippen molar-refractivity contribution < 1.29 is 9.47 Å². The first-order chi connectivity index (χ1) is 9.33. The summed E-state index contributed by atoms with van der Waals surface area (Å²) in [7, 11) is 1.98. The fraction of sp³-hybridized carbons (Fsp3) is 0.625. The van der Waals surface area contributed by atoms with Crippen molar-refractivity contribution in [2.24, 2.45) is 0 Å². The molecule has 0 saturated heterocycles. The molecule has 2 atom stereocenters. The van der Waals surface area contributed by atoms with E-state index in [-0.39, 0.29) is 12.1 Å². The van der Waals surface area contributed by atoms with E-state index in [1.54, 1.807) is 0 Å². The van der Waals surface area contributed by atoms with Crippen molar-refractivity contribution in [3.63, 3.8) is 0 Å². The highest BCUT2D eigenvalue weighted by Gasteiger charge is 2.20. The molecule has 1 aromatic carbocycles. The van der Waals surface area contributed by atoms with Crippen LogP contribution < -0.4 is 5.32 Å². The monoisotopic (exact) mass is 265 g/mol. The van der Waals surface area contributed by atoms with Crippen LogP contribution in [0.2, 0.25) is 0 Å². The Morgan fingerprint density at radius 3 is 2.37 bits per heavy atom. The molecule has 0 fully saturated rings. The van der Waals surface area contributed by atoms with Gasteiger partial charge in [-0.1, -0.05) is 44.2 Å². The molecule has 108 valence electrons. The van der Waals surface area contributed by atoms with Crippen LogP contribution in [0.15, 0.2) is 30.3 Å². The predicted molar refractivity (Wildman–Crippen MR) is 79.4 cm³/mol. The minimum atomic E-state index is 0.178. The van der Waals surface area contributed by atoms with Gasteiger partial charge in [-0.15, -0.1) is 0 Å². The average molecular weight is 265 g/mol. The molecule has 0 radical (unpaired) electrons. The minimum absolute atomic E-state index is 0.178. The van der Waals surface area contributed by atoms with E-state index in [0.717, 1.165) is 19.4 Å². The highest BCUT2D eigenvalue weighted by molar-refractivity contribution is 5.20. The van der Waals surface area contributed by atoms with Crippen LogP contribution in [0.25, 0.3) is 0 Å². The lowest BCUT2D eigenvalue weighted by Gasteiger charge is -2.26. The Hall–Kier alpha value is -0.900. The number of hydrogen-bond acceptors (Lipinski definition) is 3. The summed E-state index contributed by atoms with van der Waals surface area (Å²) in [6, 6.07) is 10.7. The van der Waals surface area contributed by atoms with E-state index in [4.69, 9.17) is 9.47 Å². The Morgan fingerprint density at radius 2 is 1.79 bits per heavy atom. The minimum Gasteiger partial charge on any atom is -0.379 e. The van der Waals surface area contributed by atoms with Gasteiger partial charge in [-0.05, 0) is 25.5 Å². The van der Waals surface area contributed by atoms with Gasteiger partial charge in [-0.25, -0.2) is 0 Å². The Labute approximate surface area is 117 Å². The molecule has 0 spiro atoms. The Balaban J connectivity index is 2.47. The van der Waals surface area contributed by atoms with Gasteiger partial charge in [0.2, 0.25) is 0 Å². The second-order valence-corrected chi connectivity index (χ2v) is 4.61. The van der Waals surface area contributed by atoms with E-state index >= 15 is 0 Å². The van der Waals surface area contributed by atoms with Crippen LogP contribution in [0, 0.1) is 0 Å². The van der Waals surface area contributed by atoms with E-state index in [2.05, 4.69) is 43.4 Å². The molecule has 3 heteroatoms. The Morgan fingerprint density at radius 1 is 1.05 bits per heavy atom. The van der Waals surface area contributed by atoms with Crippen LogP contribution in [0.5, 0.6) is 0 Å². The van der Waals surface area contributed by atoms with Gasteiger partial charge in [-0.3, -0.25) is 0 Å². The topological polar surface area (TPSA) is 30.5 Å². The first kappa shape index (κ1) is 16.2. The van der Waals surface area contributed by atoms with Gasteiger partial charge in [-0.2, -0.15) is 0 Å². The Bertz CT molecular complexity index is 316. The maximum atomic E-state index is 5.96. The van der Waals surface area contributed by atoms with Gasteiger partial charge in [0.15, 0.2) is 0 Å². The summed E-state index contributed by atoms with van der Waals surface area (Å²) in [4.78, 5) is 0. The lowest BCUT2D eigenvalue weighted by Crippen LogP contribution is -2.32. The second-order valence-electron chi connectivity index (χ2n) is 4.61. The number of nitrogens with one attached hydrogen (secondary N) is 1. The van der Waals surface area contributed by atoms with E-state index < -0.39 is 0 Å². The molecule has 0 heterocycles. The summed E-state index contributed by atoms with van der Waals surface area (Å²) < 4.78 is 11.4. The van der Waals surface area contributed by atoms with Crippen molar-refractivity contribution in [3.05, 3.63) is 35.9 Å². The van der Waals surface area contributed by atoms with Crippen molar-refractivity contribution in [2.45, 2.75) is 38.8 Å². The molecule has 1 aromatic rings. The SMILES string of the molecule is CCCOCCOC(CC)C(NC)c1ccccc1. The third kappa shape index (κ3) is 5.72. The summed E-state index contributed by atoms with van der Waals surface area (Å²) >= 11 is 0. The summed E-state index contributed by atoms with van der Waals surface area (Å²) in [5, 5.41) is 3.36. The lowest BCUT2D eigenvalue weighted by atomic mass is 10.00. The van der Waals surface area contributed by atoms with E-state index in [9.17, 15) is 0 Å². The third-order valence-electron chi connectivity index (χ3n) is 3.15. The molecule has 0 aliphatic rings. The van der Waals surface area contributed by atoms with Crippen LogP contribution >= 0.6 is 0 Å². The number of ether oxygens (including phenoxy) is 2. The van der Waals surface area contributed by atoms with Crippen molar-refractivity contribution in [1.82, 2.24) is 5.32 Å². The molecule has 0 saturated carbocycles. The number of likely N-dealkylation sites (N-methyl/N-ethyl adjacent to an activating group) is 1. The third-order valence-corrected chi connectivity index (χ3v) is 3.15. The standard InChI is InChI=1S/C16H27NO2/c1-4-11-18-12-13-19-15(5-2)16(17-3)14-9-7-6-8-10-14/h6-10,15-17H,4-5,11-13H2,1-3H3. The van der Waals surface area contributed by atoms with Crippen LogP contribution in [-0.4, -0.2) is 33.0 Å². The molecule has 1 rings (SSSR count). The fourth-order valence-corrected chi connectivity index (χ4v) is 2.18. The molecule has 0 bridgehead atoms. The highest BCUT2D eigenvalue weighted by atomic mass is 16.5. The maximum Gasteiger partial charge on any atom is 0.0768 e. The van der Waals surface area contributed by atoms with E-state index in [1.807, 2.05) is 13.1 Å². The summed E-state index contributed by atoms with van der Waals surface area (Å²) in [5.74, 6) is 0. The zero-order chi connectivity index (χ0) is 13.9. The smallest absolute Gasteiger partial charge is 0.0768 e. The number of hydrogen-bond donors (Lipinski definition) is 1. The molecule has 1 N–H and O–H groups in total. The van der Waals surface area contributed by atoms with Gasteiger partial charge < -0.3 is 14.8 Å². The molecule has 3 nitrogen and oxygen atoms in total. The van der Waals surface area contributed by atoms with E-state index in [0.29, 0.717) is 13.2 Å². The molecule has 0 aliphatic heterocycles. The first-order valence-electron chi connectivity index (χ1n) is 7.25. The van der Waals surface area contributed by atoms with Crippen molar-refractivity contribution in [1.29, 1.82) is 0 Å². The van der Waals surface area contributed by atoms with Crippen molar-refractivity contribution in [2.75, 3.05) is 26.9 Å². The van der Waals surface area contributed by atoms with Gasteiger partial charge in [0.1, 0.15) is 0 Å².